The maximum absolute atomic E-state index is 13.4. The third kappa shape index (κ3) is 3.81. The number of hydrazone groups is 1. The Hall–Kier alpha value is -4.07. The second-order valence-electron chi connectivity index (χ2n) is 8.60. The van der Waals surface area contributed by atoms with E-state index in [0.29, 0.717) is 29.3 Å². The van der Waals surface area contributed by atoms with Crippen molar-refractivity contribution in [1.82, 2.24) is 24.6 Å². The summed E-state index contributed by atoms with van der Waals surface area (Å²) in [4.78, 5) is 29.7. The first-order chi connectivity index (χ1) is 16.5. The van der Waals surface area contributed by atoms with Crippen LogP contribution in [0.3, 0.4) is 0 Å². The summed E-state index contributed by atoms with van der Waals surface area (Å²) >= 11 is 0. The van der Waals surface area contributed by atoms with Crippen LogP contribution in [-0.2, 0) is 24.7 Å². The number of hydrogen-bond donors (Lipinski definition) is 1. The third-order valence-corrected chi connectivity index (χ3v) is 6.15. The van der Waals surface area contributed by atoms with Gasteiger partial charge in [-0.15, -0.1) is 0 Å². The van der Waals surface area contributed by atoms with E-state index in [0.717, 1.165) is 40.8 Å². The van der Waals surface area contributed by atoms with Crippen LogP contribution in [0.4, 0.5) is 0 Å². The summed E-state index contributed by atoms with van der Waals surface area (Å²) in [6.45, 7) is 3.92. The highest BCUT2D eigenvalue weighted by atomic mass is 16.2. The zero-order valence-electron chi connectivity index (χ0n) is 19.5. The minimum Gasteiger partial charge on any atom is -0.280 e. The van der Waals surface area contributed by atoms with Gasteiger partial charge in [0, 0.05) is 24.6 Å². The zero-order chi connectivity index (χ0) is 23.8. The van der Waals surface area contributed by atoms with Crippen molar-refractivity contribution >= 4 is 17.4 Å². The predicted molar refractivity (Wildman–Crippen MR) is 131 cm³/mol. The fourth-order valence-corrected chi connectivity index (χ4v) is 4.55. The molecule has 1 N–H and O–H groups in total. The molecule has 8 nitrogen and oxygen atoms in total. The number of aromatic nitrogens is 4. The second kappa shape index (κ2) is 8.70. The molecule has 0 saturated carbocycles. The van der Waals surface area contributed by atoms with E-state index in [1.165, 1.54) is 0 Å². The molecule has 0 atom stereocenters. The van der Waals surface area contributed by atoms with Crippen molar-refractivity contribution in [3.8, 4) is 11.1 Å². The second-order valence-corrected chi connectivity index (χ2v) is 8.60. The van der Waals surface area contributed by atoms with Gasteiger partial charge in [-0.05, 0) is 36.1 Å². The van der Waals surface area contributed by atoms with Gasteiger partial charge in [0.15, 0.2) is 0 Å². The Kier molecular flexibility index (Phi) is 5.57. The van der Waals surface area contributed by atoms with Crippen molar-refractivity contribution in [3.05, 3.63) is 87.1 Å². The Morgan fingerprint density at radius 2 is 1.85 bits per heavy atom. The summed E-state index contributed by atoms with van der Waals surface area (Å²) in [7, 11) is 1.74. The molecule has 0 bridgehead atoms. The molecule has 1 amide bonds. The first-order valence-corrected chi connectivity index (χ1v) is 11.4. The van der Waals surface area contributed by atoms with Gasteiger partial charge in [0.25, 0.3) is 5.56 Å². The highest BCUT2D eigenvalue weighted by Gasteiger charge is 2.22. The Labute approximate surface area is 197 Å². The number of aryl methyl sites for hydroxylation is 3. The first-order valence-electron chi connectivity index (χ1n) is 11.4. The fourth-order valence-electron chi connectivity index (χ4n) is 4.55. The van der Waals surface area contributed by atoms with E-state index in [2.05, 4.69) is 27.5 Å². The number of fused-ring (bicyclic) bond motifs is 1. The molecule has 0 radical (unpaired) electrons. The maximum Gasteiger partial charge on any atom is 0.258 e. The van der Waals surface area contributed by atoms with Gasteiger partial charge < -0.3 is 0 Å². The van der Waals surface area contributed by atoms with Crippen molar-refractivity contribution in [2.75, 3.05) is 0 Å². The Bertz CT molecular complexity index is 1500. The minimum atomic E-state index is -0.120. The standard InChI is InChI=1S/C26H26N6O2/c1-4-8-23-21(25(34)31(3)26-27-16(2)30-32(23)26)14-17-11-12-19(18-9-6-5-7-10-18)20(13-17)22-15-24(33)29-28-22/h5-7,9-13H,4,8,14-15H2,1-3H3,(H,29,33). The van der Waals surface area contributed by atoms with Gasteiger partial charge in [-0.3, -0.25) is 14.2 Å². The summed E-state index contributed by atoms with van der Waals surface area (Å²) in [5.74, 6) is 1.07. The smallest absolute Gasteiger partial charge is 0.258 e. The van der Waals surface area contributed by atoms with E-state index in [1.54, 1.807) is 16.1 Å². The van der Waals surface area contributed by atoms with Crippen LogP contribution in [0.2, 0.25) is 0 Å². The Morgan fingerprint density at radius 1 is 1.06 bits per heavy atom. The van der Waals surface area contributed by atoms with E-state index in [1.807, 2.05) is 55.5 Å². The largest absolute Gasteiger partial charge is 0.280 e. The number of nitrogens with zero attached hydrogens (tertiary/aromatic N) is 5. The molecule has 1 aliphatic rings. The quantitative estimate of drug-likeness (QED) is 0.484. The predicted octanol–water partition coefficient (Wildman–Crippen LogP) is 3.17. The number of carbonyl (C=O) groups excluding carboxylic acids is 1. The summed E-state index contributed by atoms with van der Waals surface area (Å²) in [6.07, 6.45) is 2.30. The van der Waals surface area contributed by atoms with Crippen molar-refractivity contribution in [2.24, 2.45) is 12.1 Å². The molecule has 172 valence electrons. The van der Waals surface area contributed by atoms with Gasteiger partial charge in [-0.2, -0.15) is 15.2 Å². The van der Waals surface area contributed by atoms with Crippen LogP contribution in [-0.4, -0.2) is 30.8 Å². The summed E-state index contributed by atoms with van der Waals surface area (Å²) in [6, 6.07) is 16.2. The molecule has 0 unspecified atom stereocenters. The topological polar surface area (TPSA) is 93.6 Å². The van der Waals surface area contributed by atoms with Crippen molar-refractivity contribution in [3.63, 3.8) is 0 Å². The average Bonchev–Trinajstić information content (AvgIpc) is 3.45. The van der Waals surface area contributed by atoms with Crippen LogP contribution in [0.5, 0.6) is 0 Å². The van der Waals surface area contributed by atoms with Crippen LogP contribution in [0, 0.1) is 6.92 Å². The van der Waals surface area contributed by atoms with Crippen LogP contribution in [0.25, 0.3) is 16.9 Å². The number of amides is 1. The molecule has 4 aromatic rings. The molecule has 0 spiro atoms. The molecule has 2 aromatic carbocycles. The molecule has 3 heterocycles. The molecule has 34 heavy (non-hydrogen) atoms. The normalized spacial score (nSPS) is 13.4. The van der Waals surface area contributed by atoms with Crippen LogP contribution >= 0.6 is 0 Å². The molecule has 0 fully saturated rings. The molecular weight excluding hydrogens is 428 g/mol. The lowest BCUT2D eigenvalue weighted by atomic mass is 9.91. The lowest BCUT2D eigenvalue weighted by molar-refractivity contribution is -0.119. The lowest BCUT2D eigenvalue weighted by Crippen LogP contribution is -2.27. The number of benzene rings is 2. The lowest BCUT2D eigenvalue weighted by Gasteiger charge is -2.15. The molecule has 0 aliphatic carbocycles. The van der Waals surface area contributed by atoms with Gasteiger partial charge >= 0.3 is 0 Å². The molecule has 2 aromatic heterocycles. The summed E-state index contributed by atoms with van der Waals surface area (Å²) in [5.41, 5.74) is 8.73. The number of nitrogens with one attached hydrogen (secondary N) is 1. The summed E-state index contributed by atoms with van der Waals surface area (Å²) in [5, 5.41) is 8.83. The van der Waals surface area contributed by atoms with Crippen LogP contribution < -0.4 is 11.0 Å². The van der Waals surface area contributed by atoms with Crippen molar-refractivity contribution < 1.29 is 4.79 Å². The van der Waals surface area contributed by atoms with Crippen molar-refractivity contribution in [2.45, 2.75) is 39.5 Å². The average molecular weight is 455 g/mol. The zero-order valence-corrected chi connectivity index (χ0v) is 19.5. The molecule has 1 aliphatic heterocycles. The highest BCUT2D eigenvalue weighted by molar-refractivity contribution is 6.16. The minimum absolute atomic E-state index is 0.0629. The van der Waals surface area contributed by atoms with Gasteiger partial charge in [0.05, 0.1) is 17.8 Å². The van der Waals surface area contributed by atoms with Crippen molar-refractivity contribution in [1.29, 1.82) is 0 Å². The Morgan fingerprint density at radius 3 is 2.56 bits per heavy atom. The van der Waals surface area contributed by atoms with Gasteiger partial charge in [0.1, 0.15) is 5.82 Å². The van der Waals surface area contributed by atoms with E-state index in [4.69, 9.17) is 0 Å². The molecule has 8 heteroatoms. The highest BCUT2D eigenvalue weighted by Crippen LogP contribution is 2.28. The number of carbonyl (C=O) groups is 1. The summed E-state index contributed by atoms with van der Waals surface area (Å²) < 4.78 is 3.37. The first kappa shape index (κ1) is 21.8. The van der Waals surface area contributed by atoms with Gasteiger partial charge in [-0.1, -0.05) is 55.8 Å². The van der Waals surface area contributed by atoms with E-state index in [9.17, 15) is 9.59 Å². The monoisotopic (exact) mass is 454 g/mol. The van der Waals surface area contributed by atoms with Crippen LogP contribution in [0.15, 0.2) is 58.4 Å². The molecule has 5 rings (SSSR count). The van der Waals surface area contributed by atoms with Gasteiger partial charge in [-0.25, -0.2) is 9.94 Å². The molecular formula is C26H26N6O2. The maximum atomic E-state index is 13.4. The van der Waals surface area contributed by atoms with Gasteiger partial charge in [0.2, 0.25) is 11.7 Å². The van der Waals surface area contributed by atoms with E-state index in [-0.39, 0.29) is 17.9 Å². The number of hydrogen-bond acceptors (Lipinski definition) is 5. The van der Waals surface area contributed by atoms with E-state index < -0.39 is 0 Å². The number of rotatable bonds is 6. The SMILES string of the molecule is CCCc1c(Cc2ccc(-c3ccccc3)c(C3=NNC(=O)C3)c2)c(=O)n(C)c2nc(C)nn12. The third-order valence-electron chi connectivity index (χ3n) is 6.15. The molecule has 0 saturated heterocycles. The van der Waals surface area contributed by atoms with Crippen LogP contribution in [0.1, 0.15) is 48.0 Å². The Balaban J connectivity index is 1.65. The van der Waals surface area contributed by atoms with E-state index >= 15 is 0 Å². The fraction of sp³-hybridized carbons (Fsp3) is 0.269.